The molecule has 0 aromatic heterocycles. The van der Waals surface area contributed by atoms with E-state index in [0.29, 0.717) is 26.1 Å². The van der Waals surface area contributed by atoms with Gasteiger partial charge < -0.3 is 9.47 Å². The Morgan fingerprint density at radius 2 is 0.481 bits per heavy atom. The number of esters is 2. The summed E-state index contributed by atoms with van der Waals surface area (Å²) in [7, 11) is 3.38. The fourth-order valence-electron chi connectivity index (χ4n) is 7.34. The SMILES string of the molecule is CCCCCCCCCCCCCCCCCCCCCC(=O)OCCSSCCOC(=O)CCCCCCCCCCCCCCCCCCCCC. The average molecular weight is 799 g/mol. The van der Waals surface area contributed by atoms with Crippen molar-refractivity contribution < 1.29 is 19.1 Å². The second kappa shape index (κ2) is 48.8. The molecule has 0 saturated carbocycles. The molecule has 4 nitrogen and oxygen atoms in total. The minimum absolute atomic E-state index is 0.0590. The lowest BCUT2D eigenvalue weighted by Crippen LogP contribution is -2.08. The zero-order valence-electron chi connectivity index (χ0n) is 36.6. The number of hydrogen-bond donors (Lipinski definition) is 0. The minimum atomic E-state index is -0.0590. The van der Waals surface area contributed by atoms with Crippen molar-refractivity contribution in [3.05, 3.63) is 0 Å². The molecule has 0 N–H and O–H groups in total. The number of rotatable bonds is 47. The Labute approximate surface area is 346 Å². The Balaban J connectivity index is 3.23. The van der Waals surface area contributed by atoms with Crippen LogP contribution in [0.3, 0.4) is 0 Å². The molecule has 0 amide bonds. The Hall–Kier alpha value is -0.360. The molecule has 0 aliphatic rings. The lowest BCUT2D eigenvalue weighted by atomic mass is 10.0. The fourth-order valence-corrected chi connectivity index (χ4v) is 8.99. The first-order valence-corrected chi connectivity index (χ1v) is 26.7. The highest BCUT2D eigenvalue weighted by Crippen LogP contribution is 2.21. The molecule has 0 fully saturated rings. The maximum Gasteiger partial charge on any atom is 0.305 e. The number of carbonyl (C=O) groups is 2. The lowest BCUT2D eigenvalue weighted by Gasteiger charge is -2.06. The van der Waals surface area contributed by atoms with Gasteiger partial charge in [0.15, 0.2) is 0 Å². The molecule has 0 aromatic carbocycles. The van der Waals surface area contributed by atoms with Crippen molar-refractivity contribution in [2.45, 2.75) is 271 Å². The topological polar surface area (TPSA) is 52.6 Å². The summed E-state index contributed by atoms with van der Waals surface area (Å²) in [5.41, 5.74) is 0. The van der Waals surface area contributed by atoms with Gasteiger partial charge in [-0.3, -0.25) is 9.59 Å². The van der Waals surface area contributed by atoms with Gasteiger partial charge in [-0.05, 0) is 12.8 Å². The molecular formula is C48H94O4S2. The quantitative estimate of drug-likeness (QED) is 0.0347. The van der Waals surface area contributed by atoms with E-state index in [-0.39, 0.29) is 11.9 Å². The van der Waals surface area contributed by atoms with Crippen molar-refractivity contribution in [3.63, 3.8) is 0 Å². The van der Waals surface area contributed by atoms with E-state index in [9.17, 15) is 9.59 Å². The highest BCUT2D eigenvalue weighted by molar-refractivity contribution is 8.76. The van der Waals surface area contributed by atoms with Gasteiger partial charge in [-0.2, -0.15) is 0 Å². The van der Waals surface area contributed by atoms with Crippen LogP contribution in [-0.4, -0.2) is 36.7 Å². The number of ether oxygens (including phenoxy) is 2. The molecule has 0 radical (unpaired) electrons. The summed E-state index contributed by atoms with van der Waals surface area (Å²) in [5.74, 6) is 1.44. The Morgan fingerprint density at radius 1 is 0.296 bits per heavy atom. The molecule has 6 heteroatoms. The molecule has 322 valence electrons. The van der Waals surface area contributed by atoms with Gasteiger partial charge in [0, 0.05) is 24.3 Å². The first kappa shape index (κ1) is 53.6. The Morgan fingerprint density at radius 3 is 0.685 bits per heavy atom. The summed E-state index contributed by atoms with van der Waals surface area (Å²) >= 11 is 0. The van der Waals surface area contributed by atoms with Gasteiger partial charge in [0.25, 0.3) is 0 Å². The molecule has 0 atom stereocenters. The van der Waals surface area contributed by atoms with Crippen LogP contribution in [0.1, 0.15) is 271 Å². The van der Waals surface area contributed by atoms with E-state index in [1.165, 1.54) is 218 Å². The summed E-state index contributed by atoms with van der Waals surface area (Å²) < 4.78 is 10.8. The largest absolute Gasteiger partial charge is 0.465 e. The van der Waals surface area contributed by atoms with Crippen LogP contribution in [0.15, 0.2) is 0 Å². The molecule has 0 spiro atoms. The number of carbonyl (C=O) groups excluding carboxylic acids is 2. The van der Waals surface area contributed by atoms with E-state index in [1.54, 1.807) is 21.6 Å². The molecule has 0 aliphatic carbocycles. The summed E-state index contributed by atoms with van der Waals surface area (Å²) in [4.78, 5) is 24.0. The van der Waals surface area contributed by atoms with Crippen molar-refractivity contribution in [1.29, 1.82) is 0 Å². The average Bonchev–Trinajstić information content (AvgIpc) is 3.17. The first-order valence-electron chi connectivity index (χ1n) is 24.3. The Bertz CT molecular complexity index is 674. The van der Waals surface area contributed by atoms with Crippen LogP contribution in [0.25, 0.3) is 0 Å². The van der Waals surface area contributed by atoms with Gasteiger partial charge >= 0.3 is 11.9 Å². The fraction of sp³-hybridized carbons (Fsp3) is 0.958. The molecule has 0 aromatic rings. The van der Waals surface area contributed by atoms with E-state index in [0.717, 1.165) is 37.2 Å². The second-order valence-electron chi connectivity index (χ2n) is 16.3. The van der Waals surface area contributed by atoms with E-state index in [1.807, 2.05) is 0 Å². The van der Waals surface area contributed by atoms with Crippen LogP contribution >= 0.6 is 21.6 Å². The second-order valence-corrected chi connectivity index (χ2v) is 19.0. The van der Waals surface area contributed by atoms with Gasteiger partial charge in [-0.25, -0.2) is 0 Å². The number of unbranched alkanes of at least 4 members (excludes halogenated alkanes) is 36. The van der Waals surface area contributed by atoms with Gasteiger partial charge in [-0.1, -0.05) is 267 Å². The van der Waals surface area contributed by atoms with Crippen LogP contribution in [0.4, 0.5) is 0 Å². The molecule has 0 saturated heterocycles. The molecule has 0 aliphatic heterocycles. The zero-order chi connectivity index (χ0) is 39.1. The van der Waals surface area contributed by atoms with Crippen molar-refractivity contribution in [1.82, 2.24) is 0 Å². The van der Waals surface area contributed by atoms with Crippen molar-refractivity contribution in [2.24, 2.45) is 0 Å². The van der Waals surface area contributed by atoms with Crippen molar-refractivity contribution in [3.8, 4) is 0 Å². The van der Waals surface area contributed by atoms with E-state index < -0.39 is 0 Å². The molecule has 0 unspecified atom stereocenters. The van der Waals surface area contributed by atoms with Crippen LogP contribution in [-0.2, 0) is 19.1 Å². The highest BCUT2D eigenvalue weighted by atomic mass is 33.1. The van der Waals surface area contributed by atoms with Crippen LogP contribution in [0, 0.1) is 0 Å². The summed E-state index contributed by atoms with van der Waals surface area (Å²) in [5, 5.41) is 0. The maximum atomic E-state index is 12.0. The maximum absolute atomic E-state index is 12.0. The van der Waals surface area contributed by atoms with Gasteiger partial charge in [0.2, 0.25) is 0 Å². The third-order valence-corrected chi connectivity index (χ3v) is 13.2. The first-order chi connectivity index (χ1) is 26.7. The molecular weight excluding hydrogens is 705 g/mol. The summed E-state index contributed by atoms with van der Waals surface area (Å²) in [6.07, 6.45) is 52.8. The predicted octanol–water partition coefficient (Wildman–Crippen LogP) is 17.1. The van der Waals surface area contributed by atoms with Gasteiger partial charge in [-0.15, -0.1) is 0 Å². The monoisotopic (exact) mass is 799 g/mol. The highest BCUT2D eigenvalue weighted by Gasteiger charge is 2.05. The van der Waals surface area contributed by atoms with Crippen LogP contribution in [0.2, 0.25) is 0 Å². The summed E-state index contributed by atoms with van der Waals surface area (Å²) in [6, 6.07) is 0. The number of hydrogen-bond acceptors (Lipinski definition) is 6. The molecule has 0 rings (SSSR count). The molecule has 0 bridgehead atoms. The minimum Gasteiger partial charge on any atom is -0.465 e. The third kappa shape index (κ3) is 47.8. The lowest BCUT2D eigenvalue weighted by molar-refractivity contribution is -0.144. The zero-order valence-corrected chi connectivity index (χ0v) is 38.2. The standard InChI is InChI=1S/C48H94O4S2/c1-3-5-7-9-11-13-15-17-19-21-23-25-27-29-31-33-35-37-39-41-47(49)51-43-45-53-54-46-44-52-48(50)42-40-38-36-34-32-30-28-26-24-22-20-18-16-14-12-10-8-6-4-2/h3-46H2,1-2H3. The summed E-state index contributed by atoms with van der Waals surface area (Å²) in [6.45, 7) is 5.52. The van der Waals surface area contributed by atoms with E-state index in [2.05, 4.69) is 13.8 Å². The van der Waals surface area contributed by atoms with Crippen molar-refractivity contribution in [2.75, 3.05) is 24.7 Å². The smallest absolute Gasteiger partial charge is 0.305 e. The Kier molecular flexibility index (Phi) is 48.5. The molecule has 0 heterocycles. The normalized spacial score (nSPS) is 11.4. The molecule has 54 heavy (non-hydrogen) atoms. The van der Waals surface area contributed by atoms with Crippen molar-refractivity contribution >= 4 is 33.5 Å². The van der Waals surface area contributed by atoms with Gasteiger partial charge in [0.05, 0.1) is 0 Å². The van der Waals surface area contributed by atoms with E-state index in [4.69, 9.17) is 9.47 Å². The van der Waals surface area contributed by atoms with Crippen LogP contribution in [0.5, 0.6) is 0 Å². The van der Waals surface area contributed by atoms with Crippen LogP contribution < -0.4 is 0 Å². The van der Waals surface area contributed by atoms with E-state index >= 15 is 0 Å². The predicted molar refractivity (Wildman–Crippen MR) is 243 cm³/mol. The third-order valence-electron chi connectivity index (χ3n) is 10.9. The van der Waals surface area contributed by atoms with Gasteiger partial charge in [0.1, 0.15) is 13.2 Å².